The molecule has 1 heterocycles. The van der Waals surface area contributed by atoms with Gasteiger partial charge in [0.05, 0.1) is 25.1 Å². The van der Waals surface area contributed by atoms with Crippen LogP contribution in [0.25, 0.3) is 0 Å². The van der Waals surface area contributed by atoms with E-state index in [1.54, 1.807) is 19.4 Å². The lowest BCUT2D eigenvalue weighted by Gasteiger charge is -2.13. The van der Waals surface area contributed by atoms with Crippen LogP contribution < -0.4 is 10.1 Å². The summed E-state index contributed by atoms with van der Waals surface area (Å²) >= 11 is 0. The molecule has 0 saturated heterocycles. The molecule has 0 saturated carbocycles. The molecule has 90 valence electrons. The van der Waals surface area contributed by atoms with Gasteiger partial charge in [0.1, 0.15) is 6.61 Å². The van der Waals surface area contributed by atoms with Crippen LogP contribution in [0.3, 0.4) is 0 Å². The number of nitrogens with one attached hydrogen (secondary N) is 1. The molecule has 16 heavy (non-hydrogen) atoms. The summed E-state index contributed by atoms with van der Waals surface area (Å²) in [6, 6.07) is 3.87. The van der Waals surface area contributed by atoms with E-state index >= 15 is 0 Å². The van der Waals surface area contributed by atoms with Gasteiger partial charge in [0.2, 0.25) is 5.88 Å². The van der Waals surface area contributed by atoms with Crippen LogP contribution in [0.4, 0.5) is 5.69 Å². The quantitative estimate of drug-likeness (QED) is 0.723. The first-order valence-electron chi connectivity index (χ1n) is 5.21. The van der Waals surface area contributed by atoms with Gasteiger partial charge in [0.15, 0.2) is 0 Å². The van der Waals surface area contributed by atoms with Crippen molar-refractivity contribution in [2.75, 3.05) is 32.2 Å². The molecule has 0 aromatic carbocycles. The maximum atomic E-state index is 8.58. The second-order valence-electron chi connectivity index (χ2n) is 3.46. The highest BCUT2D eigenvalue weighted by Crippen LogP contribution is 2.12. The molecule has 2 N–H and O–H groups in total. The molecule has 0 spiro atoms. The third-order valence-electron chi connectivity index (χ3n) is 1.91. The monoisotopic (exact) mass is 226 g/mol. The highest BCUT2D eigenvalue weighted by Gasteiger charge is 2.01. The summed E-state index contributed by atoms with van der Waals surface area (Å²) in [6.07, 6.45) is 1.69. The van der Waals surface area contributed by atoms with Crippen molar-refractivity contribution in [1.29, 1.82) is 0 Å². The molecule has 0 aliphatic heterocycles. The third-order valence-corrected chi connectivity index (χ3v) is 1.91. The predicted octanol–water partition coefficient (Wildman–Crippen LogP) is 0.899. The van der Waals surface area contributed by atoms with Gasteiger partial charge in [-0.05, 0) is 13.0 Å². The van der Waals surface area contributed by atoms with Gasteiger partial charge < -0.3 is 19.9 Å². The Hall–Kier alpha value is -1.33. The third kappa shape index (κ3) is 4.46. The Balaban J connectivity index is 2.44. The Kier molecular flexibility index (Phi) is 5.60. The van der Waals surface area contributed by atoms with E-state index in [1.165, 1.54) is 0 Å². The first kappa shape index (κ1) is 12.7. The molecule has 5 nitrogen and oxygen atoms in total. The molecule has 1 aromatic rings. The van der Waals surface area contributed by atoms with E-state index in [0.717, 1.165) is 5.69 Å². The predicted molar refractivity (Wildman–Crippen MR) is 61.8 cm³/mol. The Morgan fingerprint density at radius 2 is 2.31 bits per heavy atom. The first-order valence-corrected chi connectivity index (χ1v) is 5.21. The van der Waals surface area contributed by atoms with Crippen LogP contribution >= 0.6 is 0 Å². The minimum atomic E-state index is -0.00739. The van der Waals surface area contributed by atoms with Crippen LogP contribution in [0.15, 0.2) is 18.3 Å². The largest absolute Gasteiger partial charge is 0.475 e. The summed E-state index contributed by atoms with van der Waals surface area (Å²) in [5.41, 5.74) is 0.917. The Labute approximate surface area is 95.4 Å². The summed E-state index contributed by atoms with van der Waals surface area (Å²) in [6.45, 7) is 2.93. The second-order valence-corrected chi connectivity index (χ2v) is 3.46. The molecule has 1 rings (SSSR count). The summed E-state index contributed by atoms with van der Waals surface area (Å²) in [5.74, 6) is 0.513. The number of aliphatic hydroxyl groups excluding tert-OH is 1. The number of rotatable bonds is 7. The van der Waals surface area contributed by atoms with Crippen molar-refractivity contribution in [2.24, 2.45) is 0 Å². The van der Waals surface area contributed by atoms with E-state index in [-0.39, 0.29) is 19.3 Å². The number of pyridine rings is 1. The van der Waals surface area contributed by atoms with E-state index in [9.17, 15) is 0 Å². The fourth-order valence-electron chi connectivity index (χ4n) is 1.28. The average molecular weight is 226 g/mol. The topological polar surface area (TPSA) is 63.6 Å². The van der Waals surface area contributed by atoms with Gasteiger partial charge in [0, 0.05) is 19.2 Å². The van der Waals surface area contributed by atoms with E-state index in [0.29, 0.717) is 12.5 Å². The van der Waals surface area contributed by atoms with Crippen molar-refractivity contribution in [1.82, 2.24) is 4.98 Å². The average Bonchev–Trinajstić information content (AvgIpc) is 2.28. The number of nitrogens with zero attached hydrogens (tertiary/aromatic N) is 1. The lowest BCUT2D eigenvalue weighted by Crippen LogP contribution is -2.20. The fourth-order valence-corrected chi connectivity index (χ4v) is 1.28. The second kappa shape index (κ2) is 7.03. The number of anilines is 1. The van der Waals surface area contributed by atoms with Crippen molar-refractivity contribution in [3.63, 3.8) is 0 Å². The Bertz CT molecular complexity index is 290. The molecule has 0 aliphatic rings. The summed E-state index contributed by atoms with van der Waals surface area (Å²) in [4.78, 5) is 4.09. The number of hydrogen-bond acceptors (Lipinski definition) is 5. The van der Waals surface area contributed by atoms with Gasteiger partial charge in [-0.25, -0.2) is 4.98 Å². The minimum absolute atomic E-state index is 0.00739. The molecule has 1 aromatic heterocycles. The molecule has 5 heteroatoms. The van der Waals surface area contributed by atoms with Gasteiger partial charge in [0.25, 0.3) is 0 Å². The van der Waals surface area contributed by atoms with Crippen molar-refractivity contribution < 1.29 is 14.6 Å². The maximum absolute atomic E-state index is 8.58. The Morgan fingerprint density at radius 3 is 2.88 bits per heavy atom. The van der Waals surface area contributed by atoms with E-state index < -0.39 is 0 Å². The zero-order valence-corrected chi connectivity index (χ0v) is 9.64. The smallest absolute Gasteiger partial charge is 0.213 e. The van der Waals surface area contributed by atoms with E-state index in [4.69, 9.17) is 14.6 Å². The number of ether oxygens (including phenoxy) is 2. The van der Waals surface area contributed by atoms with Crippen molar-refractivity contribution >= 4 is 5.69 Å². The van der Waals surface area contributed by atoms with Gasteiger partial charge in [-0.1, -0.05) is 0 Å². The van der Waals surface area contributed by atoms with Crippen molar-refractivity contribution in [3.8, 4) is 5.88 Å². The number of aliphatic hydroxyl groups is 1. The zero-order chi connectivity index (χ0) is 11.8. The normalized spacial score (nSPS) is 12.2. The van der Waals surface area contributed by atoms with Gasteiger partial charge in [-0.3, -0.25) is 0 Å². The molecule has 0 bridgehead atoms. The highest BCUT2D eigenvalue weighted by molar-refractivity contribution is 5.42. The van der Waals surface area contributed by atoms with Crippen LogP contribution in [0.5, 0.6) is 5.88 Å². The maximum Gasteiger partial charge on any atom is 0.213 e. The number of methoxy groups -OCH3 is 1. The van der Waals surface area contributed by atoms with Crippen LogP contribution in [0, 0.1) is 0 Å². The first-order chi connectivity index (χ1) is 7.76. The van der Waals surface area contributed by atoms with Crippen LogP contribution in [0.1, 0.15) is 6.92 Å². The lowest BCUT2D eigenvalue weighted by molar-refractivity contribution is 0.190. The van der Waals surface area contributed by atoms with Gasteiger partial charge >= 0.3 is 0 Å². The van der Waals surface area contributed by atoms with Crippen LogP contribution in [-0.4, -0.2) is 43.1 Å². The van der Waals surface area contributed by atoms with Crippen molar-refractivity contribution in [3.05, 3.63) is 18.3 Å². The lowest BCUT2D eigenvalue weighted by atomic mass is 10.3. The molecule has 1 atom stereocenters. The van der Waals surface area contributed by atoms with Crippen molar-refractivity contribution in [2.45, 2.75) is 13.0 Å². The van der Waals surface area contributed by atoms with Crippen LogP contribution in [0.2, 0.25) is 0 Å². The molecular weight excluding hydrogens is 208 g/mol. The standard InChI is InChI=1S/C11H18N2O3/c1-9(8-15-2)13-10-3-4-11(12-7-10)16-6-5-14/h3-4,7,9,13-14H,5-6,8H2,1-2H3. The zero-order valence-electron chi connectivity index (χ0n) is 9.64. The Morgan fingerprint density at radius 1 is 1.50 bits per heavy atom. The summed E-state index contributed by atoms with van der Waals surface area (Å²) < 4.78 is 10.2. The molecule has 0 fully saturated rings. The molecule has 0 amide bonds. The van der Waals surface area contributed by atoms with E-state index in [1.807, 2.05) is 13.0 Å². The summed E-state index contributed by atoms with van der Waals surface area (Å²) in [5, 5.41) is 11.8. The molecule has 1 unspecified atom stereocenters. The number of hydrogen-bond donors (Lipinski definition) is 2. The van der Waals surface area contributed by atoms with Crippen LogP contribution in [-0.2, 0) is 4.74 Å². The minimum Gasteiger partial charge on any atom is -0.475 e. The summed E-state index contributed by atoms with van der Waals surface area (Å²) in [7, 11) is 1.67. The number of aromatic nitrogens is 1. The van der Waals surface area contributed by atoms with Gasteiger partial charge in [-0.2, -0.15) is 0 Å². The molecule has 0 radical (unpaired) electrons. The van der Waals surface area contributed by atoms with E-state index in [2.05, 4.69) is 10.3 Å². The fraction of sp³-hybridized carbons (Fsp3) is 0.545. The molecule has 0 aliphatic carbocycles. The highest BCUT2D eigenvalue weighted by atomic mass is 16.5. The van der Waals surface area contributed by atoms with Gasteiger partial charge in [-0.15, -0.1) is 0 Å². The SMILES string of the molecule is COCC(C)Nc1ccc(OCCO)nc1. The molecular formula is C11H18N2O3.